The van der Waals surface area contributed by atoms with E-state index < -0.39 is 10.0 Å². The van der Waals surface area contributed by atoms with Crippen LogP contribution in [0, 0.1) is 0 Å². The molecule has 0 aliphatic carbocycles. The maximum atomic E-state index is 12.0. The number of anilines is 1. The zero-order chi connectivity index (χ0) is 18.7. The van der Waals surface area contributed by atoms with Crippen LogP contribution in [0.2, 0.25) is 0 Å². The number of rotatable bonds is 5. The van der Waals surface area contributed by atoms with Crippen LogP contribution < -0.4 is 16.0 Å². The molecule has 0 aliphatic rings. The molecule has 0 bridgehead atoms. The van der Waals surface area contributed by atoms with Crippen LogP contribution in [-0.4, -0.2) is 24.3 Å². The molecular weight excluding hydrogens is 356 g/mol. The third-order valence-corrected chi connectivity index (χ3v) is 4.65. The molecule has 1 heterocycles. The summed E-state index contributed by atoms with van der Waals surface area (Å²) < 4.78 is 22.4. The number of H-pyrrole nitrogens is 1. The SMILES string of the molecule is NS(=O)(=O)c1ccc(NC(=O)CCc2nc3ccccc3[nH]c2=O)cc1. The lowest BCUT2D eigenvalue weighted by Crippen LogP contribution is -2.19. The van der Waals surface area contributed by atoms with Gasteiger partial charge in [-0.1, -0.05) is 12.1 Å². The Morgan fingerprint density at radius 3 is 2.50 bits per heavy atom. The first-order valence-corrected chi connectivity index (χ1v) is 9.28. The smallest absolute Gasteiger partial charge is 0.270 e. The first kappa shape index (κ1) is 17.8. The molecule has 26 heavy (non-hydrogen) atoms. The van der Waals surface area contributed by atoms with Crippen molar-refractivity contribution in [1.29, 1.82) is 0 Å². The molecule has 3 rings (SSSR count). The molecule has 2 aromatic carbocycles. The van der Waals surface area contributed by atoms with Gasteiger partial charge in [0.05, 0.1) is 15.9 Å². The highest BCUT2D eigenvalue weighted by atomic mass is 32.2. The molecule has 4 N–H and O–H groups in total. The number of primary sulfonamides is 1. The summed E-state index contributed by atoms with van der Waals surface area (Å²) in [7, 11) is -3.78. The van der Waals surface area contributed by atoms with Crippen molar-refractivity contribution in [3.63, 3.8) is 0 Å². The average molecular weight is 372 g/mol. The number of nitrogens with one attached hydrogen (secondary N) is 2. The summed E-state index contributed by atoms with van der Waals surface area (Å²) in [4.78, 5) is 31.0. The van der Waals surface area contributed by atoms with Crippen molar-refractivity contribution >= 4 is 32.7 Å². The number of amides is 1. The van der Waals surface area contributed by atoms with Crippen molar-refractivity contribution in [1.82, 2.24) is 9.97 Å². The summed E-state index contributed by atoms with van der Waals surface area (Å²) >= 11 is 0. The summed E-state index contributed by atoms with van der Waals surface area (Å²) in [5.41, 5.74) is 1.68. The Morgan fingerprint density at radius 1 is 1.12 bits per heavy atom. The third-order valence-electron chi connectivity index (χ3n) is 3.73. The van der Waals surface area contributed by atoms with E-state index in [1.54, 1.807) is 18.2 Å². The molecular formula is C17H16N4O4S. The van der Waals surface area contributed by atoms with Gasteiger partial charge in [-0.25, -0.2) is 18.5 Å². The highest BCUT2D eigenvalue weighted by Crippen LogP contribution is 2.13. The van der Waals surface area contributed by atoms with Crippen molar-refractivity contribution in [2.24, 2.45) is 5.14 Å². The van der Waals surface area contributed by atoms with E-state index in [9.17, 15) is 18.0 Å². The molecule has 0 radical (unpaired) electrons. The number of carbonyl (C=O) groups excluding carboxylic acids is 1. The van der Waals surface area contributed by atoms with Crippen LogP contribution in [0.5, 0.6) is 0 Å². The van der Waals surface area contributed by atoms with Gasteiger partial charge in [-0.15, -0.1) is 0 Å². The van der Waals surface area contributed by atoms with Gasteiger partial charge in [-0.05, 0) is 36.4 Å². The zero-order valence-corrected chi connectivity index (χ0v) is 14.4. The van der Waals surface area contributed by atoms with Gasteiger partial charge in [0.25, 0.3) is 5.56 Å². The van der Waals surface area contributed by atoms with Crippen molar-refractivity contribution in [3.05, 3.63) is 64.6 Å². The van der Waals surface area contributed by atoms with Gasteiger partial charge in [0.2, 0.25) is 15.9 Å². The minimum absolute atomic E-state index is 0.0394. The molecule has 1 aromatic heterocycles. The van der Waals surface area contributed by atoms with Crippen molar-refractivity contribution < 1.29 is 13.2 Å². The third kappa shape index (κ3) is 4.13. The number of hydrogen-bond acceptors (Lipinski definition) is 5. The van der Waals surface area contributed by atoms with Gasteiger partial charge in [-0.3, -0.25) is 9.59 Å². The number of fused-ring (bicyclic) bond motifs is 1. The Kier molecular flexibility index (Phi) is 4.83. The minimum Gasteiger partial charge on any atom is -0.326 e. The Morgan fingerprint density at radius 2 is 1.81 bits per heavy atom. The first-order valence-electron chi connectivity index (χ1n) is 7.73. The van der Waals surface area contributed by atoms with Crippen molar-refractivity contribution in [2.75, 3.05) is 5.32 Å². The maximum Gasteiger partial charge on any atom is 0.270 e. The average Bonchev–Trinajstić information content (AvgIpc) is 2.59. The Bertz CT molecular complexity index is 1120. The molecule has 0 fully saturated rings. The molecule has 3 aromatic rings. The van der Waals surface area contributed by atoms with Crippen LogP contribution in [0.25, 0.3) is 11.0 Å². The Labute approximate surface area is 149 Å². The van der Waals surface area contributed by atoms with E-state index in [-0.39, 0.29) is 34.9 Å². The number of sulfonamides is 1. The number of nitrogens with zero attached hydrogens (tertiary/aromatic N) is 1. The van der Waals surface area contributed by atoms with E-state index in [1.807, 2.05) is 6.07 Å². The highest BCUT2D eigenvalue weighted by molar-refractivity contribution is 7.89. The fraction of sp³-hybridized carbons (Fsp3) is 0.118. The molecule has 0 unspecified atom stereocenters. The standard InChI is InChI=1S/C17H16N4O4S/c18-26(24,25)12-7-5-11(6-8-12)19-16(22)10-9-15-17(23)21-14-4-2-1-3-13(14)20-15/h1-8H,9-10H2,(H,19,22)(H,21,23)(H2,18,24,25). The molecule has 0 aliphatic heterocycles. The van der Waals surface area contributed by atoms with Crippen LogP contribution in [0.4, 0.5) is 5.69 Å². The second kappa shape index (κ2) is 7.06. The molecule has 1 amide bonds. The predicted molar refractivity (Wildman–Crippen MR) is 97.1 cm³/mol. The number of para-hydroxylation sites is 2. The van der Waals surface area contributed by atoms with E-state index in [0.717, 1.165) is 0 Å². The fourth-order valence-electron chi connectivity index (χ4n) is 2.42. The monoisotopic (exact) mass is 372 g/mol. The lowest BCUT2D eigenvalue weighted by atomic mass is 10.2. The summed E-state index contributed by atoms with van der Waals surface area (Å²) in [6.45, 7) is 0. The topological polar surface area (TPSA) is 135 Å². The first-order chi connectivity index (χ1) is 12.3. The minimum atomic E-state index is -3.78. The number of carbonyl (C=O) groups is 1. The molecule has 8 nitrogen and oxygen atoms in total. The Hall–Kier alpha value is -3.04. The lowest BCUT2D eigenvalue weighted by Gasteiger charge is -2.06. The second-order valence-corrected chi connectivity index (χ2v) is 7.21. The van der Waals surface area contributed by atoms with Crippen LogP contribution >= 0.6 is 0 Å². The maximum absolute atomic E-state index is 12.0. The summed E-state index contributed by atoms with van der Waals surface area (Å²) in [6.07, 6.45) is 0.243. The van der Waals surface area contributed by atoms with Crippen molar-refractivity contribution in [3.8, 4) is 0 Å². The predicted octanol–water partition coefficient (Wildman–Crippen LogP) is 1.14. The molecule has 0 saturated heterocycles. The molecule has 134 valence electrons. The number of aromatic nitrogens is 2. The van der Waals surface area contributed by atoms with E-state index >= 15 is 0 Å². The zero-order valence-electron chi connectivity index (χ0n) is 13.6. The largest absolute Gasteiger partial charge is 0.326 e. The molecule has 9 heteroatoms. The number of hydrogen-bond donors (Lipinski definition) is 3. The lowest BCUT2D eigenvalue weighted by molar-refractivity contribution is -0.116. The summed E-state index contributed by atoms with van der Waals surface area (Å²) in [5.74, 6) is -0.317. The fourth-order valence-corrected chi connectivity index (χ4v) is 2.94. The van der Waals surface area contributed by atoms with Gasteiger partial charge in [0.15, 0.2) is 0 Å². The molecule has 0 atom stereocenters. The van der Waals surface area contributed by atoms with Crippen molar-refractivity contribution in [2.45, 2.75) is 17.7 Å². The van der Waals surface area contributed by atoms with E-state index in [4.69, 9.17) is 5.14 Å². The van der Waals surface area contributed by atoms with Crippen LogP contribution in [0.3, 0.4) is 0 Å². The molecule has 0 spiro atoms. The van der Waals surface area contributed by atoms with E-state index in [1.165, 1.54) is 24.3 Å². The van der Waals surface area contributed by atoms with E-state index in [2.05, 4.69) is 15.3 Å². The second-order valence-electron chi connectivity index (χ2n) is 5.65. The molecule has 0 saturated carbocycles. The number of nitrogens with two attached hydrogens (primary N) is 1. The summed E-state index contributed by atoms with van der Waals surface area (Å²) in [5, 5.41) is 7.65. The van der Waals surface area contributed by atoms with Gasteiger partial charge in [0, 0.05) is 18.5 Å². The van der Waals surface area contributed by atoms with Crippen LogP contribution in [-0.2, 0) is 21.2 Å². The van der Waals surface area contributed by atoms with Gasteiger partial charge in [0.1, 0.15) is 5.69 Å². The van der Waals surface area contributed by atoms with Gasteiger partial charge < -0.3 is 10.3 Å². The van der Waals surface area contributed by atoms with Gasteiger partial charge in [-0.2, -0.15) is 0 Å². The number of aromatic amines is 1. The van der Waals surface area contributed by atoms with Gasteiger partial charge >= 0.3 is 0 Å². The quantitative estimate of drug-likeness (QED) is 0.617. The number of benzene rings is 2. The normalized spacial score (nSPS) is 11.4. The van der Waals surface area contributed by atoms with Crippen LogP contribution in [0.15, 0.2) is 58.2 Å². The van der Waals surface area contributed by atoms with E-state index in [0.29, 0.717) is 16.7 Å². The summed E-state index contributed by atoms with van der Waals surface area (Å²) in [6, 6.07) is 12.6. The van der Waals surface area contributed by atoms with Crippen LogP contribution in [0.1, 0.15) is 12.1 Å². The Balaban J connectivity index is 1.66. The number of aryl methyl sites for hydroxylation is 1. The highest BCUT2D eigenvalue weighted by Gasteiger charge is 2.10.